The van der Waals surface area contributed by atoms with Crippen LogP contribution in [0, 0.1) is 5.41 Å². The largest absolute Gasteiger partial charge is 2.00 e. The van der Waals surface area contributed by atoms with Crippen LogP contribution in [-0.2, 0) is 29.1 Å². The van der Waals surface area contributed by atoms with Crippen LogP contribution in [-0.4, -0.2) is 11.9 Å². The van der Waals surface area contributed by atoms with Crippen LogP contribution in [0.3, 0.4) is 0 Å². The second-order valence-electron chi connectivity index (χ2n) is 5.22. The maximum absolute atomic E-state index is 10.0. The van der Waals surface area contributed by atoms with E-state index < -0.39 is 11.9 Å². The summed E-state index contributed by atoms with van der Waals surface area (Å²) in [5, 5.41) is 19.3. The number of hydrogen-bond donors (Lipinski definition) is 0. The average Bonchev–Trinajstić information content (AvgIpc) is 2.16. The Labute approximate surface area is 123 Å². The molecule has 0 heterocycles. The third-order valence-electron chi connectivity index (χ3n) is 2.10. The zero-order valence-corrected chi connectivity index (χ0v) is 15.0. The van der Waals surface area contributed by atoms with Crippen molar-refractivity contribution in [2.75, 3.05) is 0 Å². The summed E-state index contributed by atoms with van der Waals surface area (Å²) in [5.41, 5.74) is 0.376. The molecule has 0 aromatic carbocycles. The summed E-state index contributed by atoms with van der Waals surface area (Å²) in [4.78, 5) is 19.3. The minimum absolute atomic E-state index is 0. The molecule has 0 aromatic rings. The third-order valence-corrected chi connectivity index (χ3v) is 2.10. The van der Waals surface area contributed by atoms with Crippen molar-refractivity contribution in [1.29, 1.82) is 0 Å². The van der Waals surface area contributed by atoms with Crippen molar-refractivity contribution in [2.24, 2.45) is 5.41 Å². The second-order valence-corrected chi connectivity index (χ2v) is 5.22. The minimum Gasteiger partial charge on any atom is -0.550 e. The van der Waals surface area contributed by atoms with E-state index in [2.05, 4.69) is 20.8 Å². The fourth-order valence-corrected chi connectivity index (χ4v) is 1.10. The van der Waals surface area contributed by atoms with Crippen molar-refractivity contribution in [2.45, 2.75) is 66.2 Å². The van der Waals surface area contributed by atoms with E-state index in [4.69, 9.17) is 0 Å². The van der Waals surface area contributed by atoms with Crippen LogP contribution in [0.4, 0.5) is 0 Å². The maximum Gasteiger partial charge on any atom is 2.00 e. The van der Waals surface area contributed by atoms with E-state index in [0.29, 0.717) is 5.41 Å². The molecule has 0 aromatic heterocycles. The van der Waals surface area contributed by atoms with Gasteiger partial charge in [0.15, 0.2) is 0 Å². The molecular weight excluding hydrogens is 286 g/mol. The number of unbranched alkanes of at least 4 members (excludes halogenated alkanes) is 2. The van der Waals surface area contributed by atoms with E-state index in [9.17, 15) is 19.8 Å². The Morgan fingerprint density at radius 1 is 0.944 bits per heavy atom. The first-order chi connectivity index (χ1) is 7.69. The molecule has 0 saturated carbocycles. The van der Waals surface area contributed by atoms with Gasteiger partial charge in [0, 0.05) is 11.9 Å². The molecule has 102 valence electrons. The molecule has 4 nitrogen and oxygen atoms in total. The van der Waals surface area contributed by atoms with Crippen LogP contribution in [0.1, 0.15) is 66.2 Å². The zero-order valence-electron chi connectivity index (χ0n) is 12.1. The van der Waals surface area contributed by atoms with Crippen molar-refractivity contribution < 1.29 is 39.3 Å². The SMILES string of the molecule is CC(C)(C)CCCCCC(=O)[O-].CCC(=O)[O-].[Zn+2]. The van der Waals surface area contributed by atoms with Crippen LogP contribution in [0.2, 0.25) is 0 Å². The molecule has 18 heavy (non-hydrogen) atoms. The second kappa shape index (κ2) is 13.0. The van der Waals surface area contributed by atoms with Gasteiger partial charge in [0.25, 0.3) is 0 Å². The van der Waals surface area contributed by atoms with Gasteiger partial charge in [-0.1, -0.05) is 40.5 Å². The van der Waals surface area contributed by atoms with E-state index >= 15 is 0 Å². The van der Waals surface area contributed by atoms with E-state index in [1.165, 1.54) is 13.3 Å². The summed E-state index contributed by atoms with van der Waals surface area (Å²) >= 11 is 0. The van der Waals surface area contributed by atoms with Gasteiger partial charge in [-0.2, -0.15) is 0 Å². The summed E-state index contributed by atoms with van der Waals surface area (Å²) in [5.74, 6) is -1.92. The molecule has 5 heteroatoms. The molecule has 0 aliphatic carbocycles. The quantitative estimate of drug-likeness (QED) is 0.539. The number of carboxylic acids is 2. The number of aliphatic carboxylic acids is 2. The predicted molar refractivity (Wildman–Crippen MR) is 62.8 cm³/mol. The maximum atomic E-state index is 10.0. The monoisotopic (exact) mass is 308 g/mol. The molecule has 0 bridgehead atoms. The van der Waals surface area contributed by atoms with Crippen molar-refractivity contribution in [3.8, 4) is 0 Å². The number of hydrogen-bond acceptors (Lipinski definition) is 4. The normalized spacial score (nSPS) is 9.78. The first-order valence-corrected chi connectivity index (χ1v) is 6.08. The standard InChI is InChI=1S/C10H20O2.C3H6O2.Zn/c1-10(2,3)8-6-4-5-7-9(11)12;1-2-3(4)5;/h4-8H2,1-3H3,(H,11,12);2H2,1H3,(H,4,5);/q;;+2/p-2. The van der Waals surface area contributed by atoms with Crippen molar-refractivity contribution >= 4 is 11.9 Å². The Bertz CT molecular complexity index is 222. The fourth-order valence-electron chi connectivity index (χ4n) is 1.10. The van der Waals surface area contributed by atoms with Gasteiger partial charge in [-0.05, 0) is 31.1 Å². The Morgan fingerprint density at radius 3 is 1.67 bits per heavy atom. The Balaban J connectivity index is -0.000000321. The Hall–Kier alpha value is -0.437. The van der Waals surface area contributed by atoms with Crippen LogP contribution in [0.25, 0.3) is 0 Å². The summed E-state index contributed by atoms with van der Waals surface area (Å²) < 4.78 is 0. The molecule has 0 amide bonds. The molecule has 0 spiro atoms. The molecular formula is C13H24O4Zn. The zero-order chi connectivity index (χ0) is 13.9. The van der Waals surface area contributed by atoms with Gasteiger partial charge in [-0.15, -0.1) is 0 Å². The molecule has 0 atom stereocenters. The van der Waals surface area contributed by atoms with Crippen LogP contribution in [0.5, 0.6) is 0 Å². The van der Waals surface area contributed by atoms with Crippen molar-refractivity contribution in [1.82, 2.24) is 0 Å². The van der Waals surface area contributed by atoms with Gasteiger partial charge in [0.2, 0.25) is 0 Å². The molecule has 0 unspecified atom stereocenters. The molecule has 0 radical (unpaired) electrons. The van der Waals surface area contributed by atoms with Gasteiger partial charge in [-0.3, -0.25) is 0 Å². The summed E-state index contributed by atoms with van der Waals surface area (Å²) in [6.45, 7) is 8.14. The van der Waals surface area contributed by atoms with E-state index in [0.717, 1.165) is 19.3 Å². The van der Waals surface area contributed by atoms with Gasteiger partial charge in [-0.25, -0.2) is 0 Å². The fraction of sp³-hybridized carbons (Fsp3) is 0.846. The molecule has 0 rings (SSSR count). The van der Waals surface area contributed by atoms with Gasteiger partial charge >= 0.3 is 19.5 Å². The van der Waals surface area contributed by atoms with E-state index in [1.807, 2.05) is 0 Å². The smallest absolute Gasteiger partial charge is 0.550 e. The van der Waals surface area contributed by atoms with Gasteiger partial charge in [0.05, 0.1) is 0 Å². The Kier molecular flexibility index (Phi) is 16.4. The predicted octanol–water partition coefficient (Wildman–Crippen LogP) is 0.877. The van der Waals surface area contributed by atoms with Gasteiger partial charge in [0.1, 0.15) is 0 Å². The van der Waals surface area contributed by atoms with Crippen LogP contribution >= 0.6 is 0 Å². The first-order valence-electron chi connectivity index (χ1n) is 6.08. The molecule has 0 aliphatic rings. The topological polar surface area (TPSA) is 80.3 Å². The minimum atomic E-state index is -0.995. The number of carbonyl (C=O) groups is 2. The van der Waals surface area contributed by atoms with E-state index in [1.54, 1.807) is 0 Å². The molecule has 0 N–H and O–H groups in total. The summed E-state index contributed by atoms with van der Waals surface area (Å²) in [7, 11) is 0. The summed E-state index contributed by atoms with van der Waals surface area (Å²) in [6, 6.07) is 0. The van der Waals surface area contributed by atoms with Crippen LogP contribution < -0.4 is 10.2 Å². The number of rotatable bonds is 6. The van der Waals surface area contributed by atoms with Crippen molar-refractivity contribution in [3.63, 3.8) is 0 Å². The van der Waals surface area contributed by atoms with Crippen LogP contribution in [0.15, 0.2) is 0 Å². The number of carboxylic acid groups (broad SMARTS) is 2. The molecule has 0 fully saturated rings. The van der Waals surface area contributed by atoms with Gasteiger partial charge < -0.3 is 19.8 Å². The third kappa shape index (κ3) is 29.6. The summed E-state index contributed by atoms with van der Waals surface area (Å²) in [6.07, 6.45) is 4.38. The first kappa shape index (κ1) is 22.7. The molecule has 0 saturated heterocycles. The number of carbonyl (C=O) groups excluding carboxylic acids is 2. The molecule has 0 aliphatic heterocycles. The Morgan fingerprint density at radius 2 is 1.39 bits per heavy atom. The average molecular weight is 310 g/mol. The van der Waals surface area contributed by atoms with Crippen molar-refractivity contribution in [3.05, 3.63) is 0 Å². The van der Waals surface area contributed by atoms with E-state index in [-0.39, 0.29) is 32.3 Å².